The number of nitrogens with zero attached hydrogens (tertiary/aromatic N) is 1. The van der Waals surface area contributed by atoms with Crippen molar-refractivity contribution in [2.24, 2.45) is 10.7 Å². The molecule has 0 spiro atoms. The number of aryl methyl sites for hydroxylation is 1. The van der Waals surface area contributed by atoms with Crippen LogP contribution in [0.2, 0.25) is 0 Å². The summed E-state index contributed by atoms with van der Waals surface area (Å²) < 4.78 is 10.8. The summed E-state index contributed by atoms with van der Waals surface area (Å²) in [6, 6.07) is 15.4. The third-order valence-electron chi connectivity index (χ3n) is 3.00. The Bertz CT molecular complexity index is 627. The van der Waals surface area contributed by atoms with Crippen LogP contribution in [-0.2, 0) is 0 Å². The fourth-order valence-corrected chi connectivity index (χ4v) is 2.38. The largest absolute Gasteiger partial charge is 0.497 e. The van der Waals surface area contributed by atoms with Crippen LogP contribution in [0.3, 0.4) is 0 Å². The van der Waals surface area contributed by atoms with Gasteiger partial charge in [0.2, 0.25) is 0 Å². The van der Waals surface area contributed by atoms with E-state index in [-0.39, 0.29) is 0 Å². The highest BCUT2D eigenvalue weighted by Crippen LogP contribution is 2.19. The zero-order valence-corrected chi connectivity index (χ0v) is 13.6. The van der Waals surface area contributed by atoms with Crippen LogP contribution in [0.1, 0.15) is 5.56 Å². The number of hydrogen-bond acceptors (Lipinski definition) is 4. The summed E-state index contributed by atoms with van der Waals surface area (Å²) >= 11 is 1.48. The highest BCUT2D eigenvalue weighted by molar-refractivity contribution is 8.13. The summed E-state index contributed by atoms with van der Waals surface area (Å²) in [5.74, 6) is 2.46. The molecular weight excluding hydrogens is 296 g/mol. The predicted octanol–water partition coefficient (Wildman–Crippen LogP) is 3.76. The maximum absolute atomic E-state index is 5.91. The lowest BCUT2D eigenvalue weighted by Crippen LogP contribution is -2.10. The van der Waals surface area contributed by atoms with Crippen LogP contribution in [0, 0.1) is 6.92 Å². The fraction of sp³-hybridized carbons (Fsp3) is 0.235. The van der Waals surface area contributed by atoms with Gasteiger partial charge in [-0.1, -0.05) is 30.0 Å². The molecule has 0 saturated carbocycles. The molecule has 0 aromatic heterocycles. The molecule has 0 radical (unpaired) electrons. The molecule has 116 valence electrons. The Kier molecular flexibility index (Phi) is 6.15. The molecule has 0 atom stereocenters. The standard InChI is InChI=1S/C17H20N2O2S/c1-13-5-3-4-6-16(13)21-11-12-22-17(18)19-14-7-9-15(20-2)10-8-14/h3-10H,11-12H2,1-2H3,(H2,18,19). The Morgan fingerprint density at radius 1 is 1.14 bits per heavy atom. The highest BCUT2D eigenvalue weighted by atomic mass is 32.2. The lowest BCUT2D eigenvalue weighted by atomic mass is 10.2. The SMILES string of the molecule is COc1ccc(N=C(N)SCCOc2ccccc2C)cc1. The molecule has 0 fully saturated rings. The molecule has 22 heavy (non-hydrogen) atoms. The first kappa shape index (κ1) is 16.2. The molecule has 2 aromatic rings. The van der Waals surface area contributed by atoms with E-state index >= 15 is 0 Å². The number of amidine groups is 1. The molecule has 2 N–H and O–H groups in total. The summed E-state index contributed by atoms with van der Waals surface area (Å²) in [5, 5.41) is 0.526. The average molecular weight is 316 g/mol. The van der Waals surface area contributed by atoms with Gasteiger partial charge < -0.3 is 15.2 Å². The molecule has 0 heterocycles. The van der Waals surface area contributed by atoms with Gasteiger partial charge in [0.15, 0.2) is 5.17 Å². The van der Waals surface area contributed by atoms with Crippen molar-refractivity contribution in [1.29, 1.82) is 0 Å². The van der Waals surface area contributed by atoms with Gasteiger partial charge in [-0.25, -0.2) is 4.99 Å². The van der Waals surface area contributed by atoms with Gasteiger partial charge in [0.25, 0.3) is 0 Å². The van der Waals surface area contributed by atoms with E-state index in [0.717, 1.165) is 28.5 Å². The van der Waals surface area contributed by atoms with Crippen LogP contribution < -0.4 is 15.2 Å². The second-order valence-electron chi connectivity index (χ2n) is 4.61. The summed E-state index contributed by atoms with van der Waals surface area (Å²) in [6.45, 7) is 2.62. The first-order chi connectivity index (χ1) is 10.7. The van der Waals surface area contributed by atoms with Crippen LogP contribution in [0.25, 0.3) is 0 Å². The summed E-state index contributed by atoms with van der Waals surface area (Å²) in [7, 11) is 1.64. The molecule has 2 aromatic carbocycles. The summed E-state index contributed by atoms with van der Waals surface area (Å²) in [5.41, 5.74) is 7.85. The third kappa shape index (κ3) is 5.00. The number of nitrogens with two attached hydrogens (primary N) is 1. The van der Waals surface area contributed by atoms with E-state index in [2.05, 4.69) is 4.99 Å². The first-order valence-electron chi connectivity index (χ1n) is 6.98. The highest BCUT2D eigenvalue weighted by Gasteiger charge is 2.00. The van der Waals surface area contributed by atoms with Crippen LogP contribution in [0.5, 0.6) is 11.5 Å². The minimum Gasteiger partial charge on any atom is -0.497 e. The van der Waals surface area contributed by atoms with Gasteiger partial charge in [0.1, 0.15) is 11.5 Å². The topological polar surface area (TPSA) is 56.8 Å². The van der Waals surface area contributed by atoms with Crippen LogP contribution >= 0.6 is 11.8 Å². The molecule has 5 heteroatoms. The summed E-state index contributed by atoms with van der Waals surface area (Å²) in [4.78, 5) is 4.34. The number of ether oxygens (including phenoxy) is 2. The number of hydrogen-bond donors (Lipinski definition) is 1. The molecule has 0 amide bonds. The van der Waals surface area contributed by atoms with Crippen molar-refractivity contribution in [3.05, 3.63) is 54.1 Å². The lowest BCUT2D eigenvalue weighted by Gasteiger charge is -2.08. The van der Waals surface area contributed by atoms with E-state index in [9.17, 15) is 0 Å². The molecule has 4 nitrogen and oxygen atoms in total. The van der Waals surface area contributed by atoms with Crippen molar-refractivity contribution in [2.75, 3.05) is 19.5 Å². The van der Waals surface area contributed by atoms with Gasteiger partial charge >= 0.3 is 0 Å². The maximum Gasteiger partial charge on any atom is 0.159 e. The first-order valence-corrected chi connectivity index (χ1v) is 7.97. The van der Waals surface area contributed by atoms with E-state index < -0.39 is 0 Å². The predicted molar refractivity (Wildman–Crippen MR) is 93.4 cm³/mol. The zero-order valence-electron chi connectivity index (χ0n) is 12.8. The monoisotopic (exact) mass is 316 g/mol. The van der Waals surface area contributed by atoms with Crippen molar-refractivity contribution in [3.63, 3.8) is 0 Å². The fourth-order valence-electron chi connectivity index (χ4n) is 1.83. The maximum atomic E-state index is 5.91. The molecule has 0 aliphatic heterocycles. The van der Waals surface area contributed by atoms with Crippen LogP contribution in [0.4, 0.5) is 5.69 Å². The van der Waals surface area contributed by atoms with Crippen LogP contribution in [-0.4, -0.2) is 24.6 Å². The van der Waals surface area contributed by atoms with Gasteiger partial charge in [-0.3, -0.25) is 0 Å². The van der Waals surface area contributed by atoms with E-state index in [0.29, 0.717) is 11.8 Å². The van der Waals surface area contributed by atoms with Gasteiger partial charge in [0.05, 0.1) is 19.4 Å². The number of methoxy groups -OCH3 is 1. The number of benzene rings is 2. The third-order valence-corrected chi connectivity index (χ3v) is 3.75. The van der Waals surface area contributed by atoms with E-state index in [4.69, 9.17) is 15.2 Å². The lowest BCUT2D eigenvalue weighted by molar-refractivity contribution is 0.342. The Balaban J connectivity index is 1.78. The van der Waals surface area contributed by atoms with Crippen molar-refractivity contribution in [3.8, 4) is 11.5 Å². The normalized spacial score (nSPS) is 11.3. The Labute approximate surface area is 135 Å². The van der Waals surface area contributed by atoms with Gasteiger partial charge in [-0.2, -0.15) is 0 Å². The minimum atomic E-state index is 0.526. The molecular formula is C17H20N2O2S. The number of aliphatic imine (C=N–C) groups is 1. The molecule has 0 unspecified atom stereocenters. The molecule has 0 aliphatic carbocycles. The van der Waals surface area contributed by atoms with Gasteiger partial charge in [-0.05, 0) is 42.8 Å². The van der Waals surface area contributed by atoms with E-state index in [1.807, 2.05) is 55.5 Å². The number of rotatable bonds is 6. The van der Waals surface area contributed by atoms with Crippen molar-refractivity contribution < 1.29 is 9.47 Å². The molecule has 0 saturated heterocycles. The quantitative estimate of drug-likeness (QED) is 0.501. The van der Waals surface area contributed by atoms with Gasteiger partial charge in [-0.15, -0.1) is 0 Å². The number of para-hydroxylation sites is 1. The van der Waals surface area contributed by atoms with Crippen molar-refractivity contribution in [1.82, 2.24) is 0 Å². The number of thioether (sulfide) groups is 1. The zero-order chi connectivity index (χ0) is 15.8. The van der Waals surface area contributed by atoms with E-state index in [1.54, 1.807) is 7.11 Å². The van der Waals surface area contributed by atoms with Crippen LogP contribution in [0.15, 0.2) is 53.5 Å². The van der Waals surface area contributed by atoms with Crippen molar-refractivity contribution in [2.45, 2.75) is 6.92 Å². The Hall–Kier alpha value is -2.14. The average Bonchev–Trinajstić information content (AvgIpc) is 2.54. The smallest absolute Gasteiger partial charge is 0.159 e. The second kappa shape index (κ2) is 8.34. The Morgan fingerprint density at radius 3 is 2.55 bits per heavy atom. The Morgan fingerprint density at radius 2 is 1.86 bits per heavy atom. The molecule has 2 rings (SSSR count). The molecule has 0 aliphatic rings. The van der Waals surface area contributed by atoms with Crippen molar-refractivity contribution >= 4 is 22.6 Å². The minimum absolute atomic E-state index is 0.526. The summed E-state index contributed by atoms with van der Waals surface area (Å²) in [6.07, 6.45) is 0. The molecule has 0 bridgehead atoms. The second-order valence-corrected chi connectivity index (χ2v) is 5.73. The van der Waals surface area contributed by atoms with Gasteiger partial charge in [0, 0.05) is 5.75 Å². The van der Waals surface area contributed by atoms with E-state index in [1.165, 1.54) is 11.8 Å².